The number of nitrogens with one attached hydrogen (secondary N) is 1. The average Bonchev–Trinajstić information content (AvgIpc) is 2.93. The van der Waals surface area contributed by atoms with Crippen LogP contribution in [0, 0.1) is 0 Å². The second-order valence-electron chi connectivity index (χ2n) is 5.19. The highest BCUT2D eigenvalue weighted by atomic mass is 35.5. The van der Waals surface area contributed by atoms with E-state index in [-0.39, 0.29) is 29.3 Å². The number of carbonyl (C=O) groups is 1. The van der Waals surface area contributed by atoms with E-state index in [1.54, 1.807) is 12.1 Å². The van der Waals surface area contributed by atoms with Gasteiger partial charge in [0.15, 0.2) is 9.84 Å². The Morgan fingerprint density at radius 1 is 1.32 bits per heavy atom. The first-order valence-electron chi connectivity index (χ1n) is 6.82. The summed E-state index contributed by atoms with van der Waals surface area (Å²) in [5, 5.41) is 2.79. The van der Waals surface area contributed by atoms with Crippen molar-refractivity contribution in [2.45, 2.75) is 36.5 Å². The molecule has 1 fully saturated rings. The zero-order chi connectivity index (χ0) is 15.5. The summed E-state index contributed by atoms with van der Waals surface area (Å²) in [4.78, 5) is 12.2. The van der Waals surface area contributed by atoms with Crippen LogP contribution < -0.4 is 11.1 Å². The van der Waals surface area contributed by atoms with E-state index in [0.717, 1.165) is 18.2 Å². The largest absolute Gasteiger partial charge is 0.364 e. The van der Waals surface area contributed by atoms with Gasteiger partial charge >= 0.3 is 0 Å². The van der Waals surface area contributed by atoms with Gasteiger partial charge in [-0.1, -0.05) is 12.1 Å². The SMILES string of the molecule is CS(=O)(=O)c1ccc(CNC(=O)[C@@H]2CC[C@H](CN)O2)cc1.Cl. The zero-order valence-corrected chi connectivity index (χ0v) is 14.0. The fraction of sp³-hybridized carbons (Fsp3) is 0.500. The van der Waals surface area contributed by atoms with Crippen LogP contribution in [-0.4, -0.2) is 39.3 Å². The van der Waals surface area contributed by atoms with Gasteiger partial charge < -0.3 is 15.8 Å². The second-order valence-corrected chi connectivity index (χ2v) is 7.21. The van der Waals surface area contributed by atoms with Crippen molar-refractivity contribution in [1.29, 1.82) is 0 Å². The number of hydrogen-bond donors (Lipinski definition) is 2. The summed E-state index contributed by atoms with van der Waals surface area (Å²) in [6, 6.07) is 6.45. The Morgan fingerprint density at radius 3 is 2.45 bits per heavy atom. The van der Waals surface area contributed by atoms with Crippen LogP contribution in [0.2, 0.25) is 0 Å². The van der Waals surface area contributed by atoms with E-state index in [1.165, 1.54) is 12.1 Å². The molecule has 0 spiro atoms. The standard InChI is InChI=1S/C14H20N2O4S.ClH/c1-21(18,19)12-5-2-10(3-6-12)9-16-14(17)13-7-4-11(8-15)20-13;/h2-3,5-6,11,13H,4,7-9,15H2,1H3,(H,16,17);1H/t11-,13+;/m1./s1. The van der Waals surface area contributed by atoms with Crippen LogP contribution in [0.1, 0.15) is 18.4 Å². The summed E-state index contributed by atoms with van der Waals surface area (Å²) in [6.07, 6.45) is 2.18. The van der Waals surface area contributed by atoms with Crippen molar-refractivity contribution in [2.75, 3.05) is 12.8 Å². The molecule has 1 amide bonds. The molecule has 1 aromatic carbocycles. The summed E-state index contributed by atoms with van der Waals surface area (Å²) in [7, 11) is -3.19. The molecular weight excluding hydrogens is 328 g/mol. The molecule has 124 valence electrons. The monoisotopic (exact) mass is 348 g/mol. The molecule has 22 heavy (non-hydrogen) atoms. The van der Waals surface area contributed by atoms with Crippen molar-refractivity contribution in [3.05, 3.63) is 29.8 Å². The number of hydrogen-bond acceptors (Lipinski definition) is 5. The number of amides is 1. The Kier molecular flexibility index (Phi) is 6.80. The molecule has 1 aromatic rings. The van der Waals surface area contributed by atoms with Crippen LogP contribution in [0.5, 0.6) is 0 Å². The summed E-state index contributed by atoms with van der Waals surface area (Å²) >= 11 is 0. The first kappa shape index (κ1) is 18.9. The number of ether oxygens (including phenoxy) is 1. The lowest BCUT2D eigenvalue weighted by Crippen LogP contribution is -2.35. The van der Waals surface area contributed by atoms with E-state index in [9.17, 15) is 13.2 Å². The molecule has 8 heteroatoms. The minimum atomic E-state index is -3.19. The molecule has 2 rings (SSSR count). The van der Waals surface area contributed by atoms with Gasteiger partial charge in [0.2, 0.25) is 5.91 Å². The maximum Gasteiger partial charge on any atom is 0.249 e. The zero-order valence-electron chi connectivity index (χ0n) is 12.3. The molecule has 0 aromatic heterocycles. The molecular formula is C14H21ClN2O4S. The van der Waals surface area contributed by atoms with Gasteiger partial charge in [-0.25, -0.2) is 8.42 Å². The Bertz CT molecular complexity index is 604. The quantitative estimate of drug-likeness (QED) is 0.813. The maximum atomic E-state index is 11.9. The highest BCUT2D eigenvalue weighted by Gasteiger charge is 2.29. The van der Waals surface area contributed by atoms with Crippen LogP contribution in [0.25, 0.3) is 0 Å². The Labute approximate surface area is 136 Å². The van der Waals surface area contributed by atoms with Crippen LogP contribution in [0.4, 0.5) is 0 Å². The highest BCUT2D eigenvalue weighted by Crippen LogP contribution is 2.19. The predicted octanol–water partition coefficient (Wildman–Crippen LogP) is 0.634. The predicted molar refractivity (Wildman–Crippen MR) is 85.6 cm³/mol. The molecule has 0 unspecified atom stereocenters. The van der Waals surface area contributed by atoms with Gasteiger partial charge in [0, 0.05) is 19.3 Å². The van der Waals surface area contributed by atoms with Crippen molar-refractivity contribution < 1.29 is 17.9 Å². The van der Waals surface area contributed by atoms with Gasteiger partial charge in [0.25, 0.3) is 0 Å². The summed E-state index contributed by atoms with van der Waals surface area (Å²) in [6.45, 7) is 0.771. The Hall–Kier alpha value is -1.15. The Balaban J connectivity index is 0.00000242. The molecule has 0 radical (unpaired) electrons. The third-order valence-corrected chi connectivity index (χ3v) is 4.61. The minimum Gasteiger partial charge on any atom is -0.364 e. The van der Waals surface area contributed by atoms with Crippen molar-refractivity contribution >= 4 is 28.2 Å². The van der Waals surface area contributed by atoms with Gasteiger partial charge in [-0.15, -0.1) is 12.4 Å². The lowest BCUT2D eigenvalue weighted by atomic mass is 10.2. The van der Waals surface area contributed by atoms with Crippen LogP contribution in [0.15, 0.2) is 29.2 Å². The fourth-order valence-electron chi connectivity index (χ4n) is 2.23. The van der Waals surface area contributed by atoms with E-state index in [4.69, 9.17) is 10.5 Å². The van der Waals surface area contributed by atoms with Gasteiger partial charge in [-0.3, -0.25) is 4.79 Å². The van der Waals surface area contributed by atoms with Crippen molar-refractivity contribution in [3.8, 4) is 0 Å². The topological polar surface area (TPSA) is 98.5 Å². The molecule has 0 bridgehead atoms. The van der Waals surface area contributed by atoms with Crippen molar-refractivity contribution in [1.82, 2.24) is 5.32 Å². The van der Waals surface area contributed by atoms with E-state index in [0.29, 0.717) is 19.5 Å². The molecule has 3 N–H and O–H groups in total. The third-order valence-electron chi connectivity index (χ3n) is 3.48. The third kappa shape index (κ3) is 4.95. The van der Waals surface area contributed by atoms with Crippen LogP contribution >= 0.6 is 12.4 Å². The number of carbonyl (C=O) groups excluding carboxylic acids is 1. The van der Waals surface area contributed by atoms with E-state index in [1.807, 2.05) is 0 Å². The second kappa shape index (κ2) is 7.92. The molecule has 6 nitrogen and oxygen atoms in total. The molecule has 2 atom stereocenters. The van der Waals surface area contributed by atoms with Gasteiger partial charge in [0.1, 0.15) is 6.10 Å². The number of rotatable bonds is 5. The number of benzene rings is 1. The number of halogens is 1. The van der Waals surface area contributed by atoms with Gasteiger partial charge in [0.05, 0.1) is 11.0 Å². The lowest BCUT2D eigenvalue weighted by Gasteiger charge is -2.12. The van der Waals surface area contributed by atoms with Gasteiger partial charge in [-0.05, 0) is 30.5 Å². The molecule has 1 aliphatic heterocycles. The molecule has 0 saturated carbocycles. The summed E-state index contributed by atoms with van der Waals surface area (Å²) in [5.74, 6) is -0.155. The summed E-state index contributed by atoms with van der Waals surface area (Å²) < 4.78 is 28.2. The average molecular weight is 349 g/mol. The first-order valence-corrected chi connectivity index (χ1v) is 8.71. The molecule has 0 aliphatic carbocycles. The normalized spacial score (nSPS) is 21.2. The summed E-state index contributed by atoms with van der Waals surface area (Å²) in [5.41, 5.74) is 6.34. The Morgan fingerprint density at radius 2 is 1.95 bits per heavy atom. The molecule has 1 heterocycles. The molecule has 1 saturated heterocycles. The smallest absolute Gasteiger partial charge is 0.249 e. The van der Waals surface area contributed by atoms with Gasteiger partial charge in [-0.2, -0.15) is 0 Å². The van der Waals surface area contributed by atoms with E-state index < -0.39 is 15.9 Å². The highest BCUT2D eigenvalue weighted by molar-refractivity contribution is 7.90. The first-order chi connectivity index (χ1) is 9.90. The lowest BCUT2D eigenvalue weighted by molar-refractivity contribution is -0.132. The van der Waals surface area contributed by atoms with Crippen LogP contribution in [0.3, 0.4) is 0 Å². The van der Waals surface area contributed by atoms with Crippen molar-refractivity contribution in [3.63, 3.8) is 0 Å². The number of sulfone groups is 1. The molecule has 1 aliphatic rings. The van der Waals surface area contributed by atoms with Crippen LogP contribution in [-0.2, 0) is 25.9 Å². The van der Waals surface area contributed by atoms with Crippen molar-refractivity contribution in [2.24, 2.45) is 5.73 Å². The maximum absolute atomic E-state index is 11.9. The minimum absolute atomic E-state index is 0. The number of nitrogens with two attached hydrogens (primary N) is 1. The van der Waals surface area contributed by atoms with E-state index in [2.05, 4.69) is 5.32 Å². The fourth-order valence-corrected chi connectivity index (χ4v) is 2.86. The van der Waals surface area contributed by atoms with E-state index >= 15 is 0 Å².